The summed E-state index contributed by atoms with van der Waals surface area (Å²) < 4.78 is 1.87. The molecule has 0 saturated heterocycles. The second-order valence-corrected chi connectivity index (χ2v) is 5.71. The average molecular weight is 329 g/mol. The van der Waals surface area contributed by atoms with E-state index in [1.165, 1.54) is 0 Å². The van der Waals surface area contributed by atoms with Crippen LogP contribution >= 0.6 is 0 Å². The van der Waals surface area contributed by atoms with Gasteiger partial charge in [0.2, 0.25) is 5.91 Å². The van der Waals surface area contributed by atoms with E-state index in [1.807, 2.05) is 47.0 Å². The van der Waals surface area contributed by atoms with Crippen molar-refractivity contribution in [3.63, 3.8) is 0 Å². The molecule has 0 bridgehead atoms. The number of fused-ring (bicyclic) bond motifs is 2. The van der Waals surface area contributed by atoms with Crippen molar-refractivity contribution in [2.45, 2.75) is 6.54 Å². The molecule has 0 aliphatic carbocycles. The molecule has 25 heavy (non-hydrogen) atoms. The lowest BCUT2D eigenvalue weighted by molar-refractivity contribution is -0.116. The van der Waals surface area contributed by atoms with Crippen LogP contribution in [0, 0.1) is 0 Å². The molecule has 0 spiro atoms. The maximum Gasteiger partial charge on any atom is 0.245 e. The second-order valence-electron chi connectivity index (χ2n) is 5.71. The molecule has 4 rings (SSSR count). The SMILES string of the molecule is O=C(Cn1c2ccccc2c(=O)c2ccccc21)Nc1ccccn1. The van der Waals surface area contributed by atoms with Gasteiger partial charge in [-0.25, -0.2) is 4.98 Å². The first-order valence-corrected chi connectivity index (χ1v) is 7.95. The van der Waals surface area contributed by atoms with Crippen LogP contribution < -0.4 is 10.7 Å². The number of amides is 1. The minimum absolute atomic E-state index is 0.0208. The van der Waals surface area contributed by atoms with Crippen LogP contribution in [0.5, 0.6) is 0 Å². The summed E-state index contributed by atoms with van der Waals surface area (Å²) in [7, 11) is 0. The predicted octanol–water partition coefficient (Wildman–Crippen LogP) is 3.19. The summed E-state index contributed by atoms with van der Waals surface area (Å²) in [6.45, 7) is 0.0951. The van der Waals surface area contributed by atoms with Crippen molar-refractivity contribution in [1.29, 1.82) is 0 Å². The van der Waals surface area contributed by atoms with Crippen LogP contribution in [0.1, 0.15) is 0 Å². The van der Waals surface area contributed by atoms with Gasteiger partial charge < -0.3 is 9.88 Å². The molecule has 5 nitrogen and oxygen atoms in total. The molecule has 0 atom stereocenters. The third-order valence-electron chi connectivity index (χ3n) is 4.11. The third-order valence-corrected chi connectivity index (χ3v) is 4.11. The Bertz CT molecular complexity index is 1070. The molecule has 4 aromatic rings. The highest BCUT2D eigenvalue weighted by Crippen LogP contribution is 2.19. The molecule has 1 amide bonds. The van der Waals surface area contributed by atoms with Gasteiger partial charge in [0, 0.05) is 17.0 Å². The van der Waals surface area contributed by atoms with Crippen molar-refractivity contribution in [3.8, 4) is 0 Å². The molecular weight excluding hydrogens is 314 g/mol. The van der Waals surface area contributed by atoms with Gasteiger partial charge in [-0.05, 0) is 36.4 Å². The molecule has 0 unspecified atom stereocenters. The Labute approximate surface area is 143 Å². The zero-order chi connectivity index (χ0) is 17.2. The molecule has 0 fully saturated rings. The van der Waals surface area contributed by atoms with Crippen molar-refractivity contribution in [2.24, 2.45) is 0 Å². The van der Waals surface area contributed by atoms with Gasteiger partial charge >= 0.3 is 0 Å². The second kappa shape index (κ2) is 6.20. The maximum atomic E-state index is 12.7. The zero-order valence-corrected chi connectivity index (χ0v) is 13.3. The first kappa shape index (κ1) is 15.1. The number of hydrogen-bond donors (Lipinski definition) is 1. The predicted molar refractivity (Wildman–Crippen MR) is 98.6 cm³/mol. The number of nitrogens with one attached hydrogen (secondary N) is 1. The van der Waals surface area contributed by atoms with Crippen molar-refractivity contribution < 1.29 is 4.79 Å². The van der Waals surface area contributed by atoms with E-state index in [2.05, 4.69) is 10.3 Å². The molecule has 0 aliphatic heterocycles. The molecule has 2 aromatic heterocycles. The molecule has 2 aromatic carbocycles. The van der Waals surface area contributed by atoms with E-state index in [1.54, 1.807) is 30.5 Å². The van der Waals surface area contributed by atoms with Gasteiger partial charge in [-0.1, -0.05) is 30.3 Å². The minimum Gasteiger partial charge on any atom is -0.331 e. The average Bonchev–Trinajstić information content (AvgIpc) is 2.66. The highest BCUT2D eigenvalue weighted by molar-refractivity contribution is 5.96. The first-order valence-electron chi connectivity index (χ1n) is 7.95. The normalized spacial score (nSPS) is 10.9. The van der Waals surface area contributed by atoms with Crippen LogP contribution in [0.3, 0.4) is 0 Å². The number of para-hydroxylation sites is 2. The number of nitrogens with zero attached hydrogens (tertiary/aromatic N) is 2. The minimum atomic E-state index is -0.197. The number of hydrogen-bond acceptors (Lipinski definition) is 3. The molecular formula is C20H15N3O2. The molecule has 0 radical (unpaired) electrons. The van der Waals surface area contributed by atoms with Crippen molar-refractivity contribution in [2.75, 3.05) is 5.32 Å². The van der Waals surface area contributed by atoms with Crippen molar-refractivity contribution in [3.05, 3.63) is 83.2 Å². The van der Waals surface area contributed by atoms with Gasteiger partial charge in [0.15, 0.2) is 5.43 Å². The van der Waals surface area contributed by atoms with Gasteiger partial charge in [0.1, 0.15) is 12.4 Å². The smallest absolute Gasteiger partial charge is 0.245 e. The molecule has 0 saturated carbocycles. The van der Waals surface area contributed by atoms with E-state index < -0.39 is 0 Å². The zero-order valence-electron chi connectivity index (χ0n) is 13.3. The quantitative estimate of drug-likeness (QED) is 0.587. The Morgan fingerprint density at radius 2 is 1.48 bits per heavy atom. The van der Waals surface area contributed by atoms with Crippen LogP contribution in [0.4, 0.5) is 5.82 Å². The van der Waals surface area contributed by atoms with Gasteiger partial charge in [-0.15, -0.1) is 0 Å². The molecule has 2 heterocycles. The Morgan fingerprint density at radius 3 is 2.08 bits per heavy atom. The Kier molecular flexibility index (Phi) is 3.74. The number of aromatic nitrogens is 2. The summed E-state index contributed by atoms with van der Waals surface area (Å²) in [6.07, 6.45) is 1.62. The standard InChI is InChI=1S/C20H15N3O2/c24-19(22-18-11-5-6-12-21-18)13-23-16-9-3-1-7-14(16)20(25)15-8-2-4-10-17(15)23/h1-12H,13H2,(H,21,22,24). The molecule has 1 N–H and O–H groups in total. The van der Waals surface area contributed by atoms with Crippen LogP contribution in [0.15, 0.2) is 77.7 Å². The number of carbonyl (C=O) groups is 1. The van der Waals surface area contributed by atoms with Crippen molar-refractivity contribution >= 4 is 33.5 Å². The fourth-order valence-electron chi connectivity index (χ4n) is 3.01. The number of anilines is 1. The number of pyridine rings is 2. The summed E-state index contributed by atoms with van der Waals surface area (Å²) in [4.78, 5) is 29.3. The van der Waals surface area contributed by atoms with E-state index in [9.17, 15) is 9.59 Å². The van der Waals surface area contributed by atoms with E-state index in [-0.39, 0.29) is 17.9 Å². The van der Waals surface area contributed by atoms with Crippen LogP contribution in [0.25, 0.3) is 21.8 Å². The molecule has 5 heteroatoms. The summed E-state index contributed by atoms with van der Waals surface area (Å²) in [5.74, 6) is 0.305. The lowest BCUT2D eigenvalue weighted by atomic mass is 10.1. The van der Waals surface area contributed by atoms with Crippen molar-refractivity contribution in [1.82, 2.24) is 9.55 Å². The highest BCUT2D eigenvalue weighted by atomic mass is 16.2. The van der Waals surface area contributed by atoms with Gasteiger partial charge in [-0.2, -0.15) is 0 Å². The first-order chi connectivity index (χ1) is 12.2. The molecule has 122 valence electrons. The van der Waals surface area contributed by atoms with E-state index in [4.69, 9.17) is 0 Å². The monoisotopic (exact) mass is 329 g/mol. The largest absolute Gasteiger partial charge is 0.331 e. The number of carbonyl (C=O) groups excluding carboxylic acids is 1. The number of benzene rings is 2. The van der Waals surface area contributed by atoms with Crippen LogP contribution in [-0.4, -0.2) is 15.5 Å². The lowest BCUT2D eigenvalue weighted by Gasteiger charge is -2.14. The number of rotatable bonds is 3. The molecule has 0 aliphatic rings. The van der Waals surface area contributed by atoms with E-state index in [0.29, 0.717) is 16.6 Å². The topological polar surface area (TPSA) is 64.0 Å². The van der Waals surface area contributed by atoms with Gasteiger partial charge in [0.05, 0.1) is 11.0 Å². The fraction of sp³-hybridized carbons (Fsp3) is 0.0500. The summed E-state index contributed by atoms with van der Waals surface area (Å²) in [6, 6.07) is 20.0. The third kappa shape index (κ3) is 2.76. The van der Waals surface area contributed by atoms with E-state index >= 15 is 0 Å². The summed E-state index contributed by atoms with van der Waals surface area (Å²) >= 11 is 0. The fourth-order valence-corrected chi connectivity index (χ4v) is 3.01. The van der Waals surface area contributed by atoms with Crippen LogP contribution in [0.2, 0.25) is 0 Å². The highest BCUT2D eigenvalue weighted by Gasteiger charge is 2.13. The Morgan fingerprint density at radius 1 is 0.880 bits per heavy atom. The lowest BCUT2D eigenvalue weighted by Crippen LogP contribution is -2.21. The Balaban J connectivity index is 1.83. The summed E-state index contributed by atoms with van der Waals surface area (Å²) in [5, 5.41) is 3.99. The van der Waals surface area contributed by atoms with Crippen LogP contribution in [-0.2, 0) is 11.3 Å². The maximum absolute atomic E-state index is 12.7. The van der Waals surface area contributed by atoms with Gasteiger partial charge in [0.25, 0.3) is 0 Å². The Hall–Kier alpha value is -3.47. The van der Waals surface area contributed by atoms with Gasteiger partial charge in [-0.3, -0.25) is 9.59 Å². The van der Waals surface area contributed by atoms with E-state index in [0.717, 1.165) is 11.0 Å². The summed E-state index contributed by atoms with van der Waals surface area (Å²) in [5.41, 5.74) is 1.46.